The lowest BCUT2D eigenvalue weighted by molar-refractivity contribution is -0.0313. The number of aromatic nitrogens is 2. The molecule has 1 aromatic heterocycles. The SMILES string of the molecule is COc1ccc(-c2cnc(N(C)C)nc2[C@@H]2CN(CCc3ccccc3)CCO2)cc1. The highest BCUT2D eigenvalue weighted by Gasteiger charge is 2.26. The molecule has 0 radical (unpaired) electrons. The Bertz CT molecular complexity index is 977. The van der Waals surface area contributed by atoms with Gasteiger partial charge in [-0.1, -0.05) is 42.5 Å². The van der Waals surface area contributed by atoms with Crippen molar-refractivity contribution in [1.82, 2.24) is 14.9 Å². The van der Waals surface area contributed by atoms with E-state index >= 15 is 0 Å². The van der Waals surface area contributed by atoms with Crippen LogP contribution in [0, 0.1) is 0 Å². The Hall–Kier alpha value is -2.96. The number of nitrogens with zero attached hydrogens (tertiary/aromatic N) is 4. The molecule has 1 aliphatic heterocycles. The fourth-order valence-electron chi connectivity index (χ4n) is 3.84. The van der Waals surface area contributed by atoms with Crippen molar-refractivity contribution < 1.29 is 9.47 Å². The van der Waals surface area contributed by atoms with E-state index in [-0.39, 0.29) is 6.10 Å². The van der Waals surface area contributed by atoms with Crippen LogP contribution in [0.2, 0.25) is 0 Å². The number of ether oxygens (including phenoxy) is 2. The molecule has 31 heavy (non-hydrogen) atoms. The topological polar surface area (TPSA) is 50.7 Å². The van der Waals surface area contributed by atoms with Crippen molar-refractivity contribution in [2.45, 2.75) is 12.5 Å². The molecule has 0 bridgehead atoms. The molecule has 0 unspecified atom stereocenters. The largest absolute Gasteiger partial charge is 0.497 e. The van der Waals surface area contributed by atoms with Crippen LogP contribution in [-0.2, 0) is 11.2 Å². The van der Waals surface area contributed by atoms with E-state index in [1.165, 1.54) is 5.56 Å². The van der Waals surface area contributed by atoms with Crippen LogP contribution in [0.3, 0.4) is 0 Å². The van der Waals surface area contributed by atoms with Gasteiger partial charge in [-0.25, -0.2) is 9.97 Å². The smallest absolute Gasteiger partial charge is 0.225 e. The number of morpholine rings is 1. The van der Waals surface area contributed by atoms with Crippen LogP contribution in [0.4, 0.5) is 5.95 Å². The van der Waals surface area contributed by atoms with Gasteiger partial charge < -0.3 is 14.4 Å². The summed E-state index contributed by atoms with van der Waals surface area (Å²) in [6, 6.07) is 18.7. The minimum atomic E-state index is -0.0941. The molecule has 2 heterocycles. The zero-order valence-electron chi connectivity index (χ0n) is 18.5. The Morgan fingerprint density at radius 1 is 1.10 bits per heavy atom. The van der Waals surface area contributed by atoms with Crippen molar-refractivity contribution in [2.75, 3.05) is 52.3 Å². The summed E-state index contributed by atoms with van der Waals surface area (Å²) in [6.45, 7) is 3.46. The van der Waals surface area contributed by atoms with Crippen molar-refractivity contribution in [1.29, 1.82) is 0 Å². The number of rotatable bonds is 7. The number of hydrogen-bond acceptors (Lipinski definition) is 6. The second-order valence-corrected chi connectivity index (χ2v) is 7.99. The summed E-state index contributed by atoms with van der Waals surface area (Å²) in [5, 5.41) is 0. The fourth-order valence-corrected chi connectivity index (χ4v) is 3.84. The Morgan fingerprint density at radius 3 is 2.58 bits per heavy atom. The summed E-state index contributed by atoms with van der Waals surface area (Å²) >= 11 is 0. The van der Waals surface area contributed by atoms with E-state index in [1.807, 2.05) is 49.5 Å². The predicted octanol–water partition coefficient (Wildman–Crippen LogP) is 3.83. The molecule has 0 N–H and O–H groups in total. The summed E-state index contributed by atoms with van der Waals surface area (Å²) in [5.41, 5.74) is 4.36. The first kappa shape index (κ1) is 21.3. The standard InChI is InChI=1S/C25H30N4O2/c1-28(2)25-26-17-22(20-9-11-21(30-3)12-10-20)24(27-25)23-18-29(15-16-31-23)14-13-19-7-5-4-6-8-19/h4-12,17,23H,13-16,18H2,1-3H3/t23-/m0/s1. The zero-order valence-corrected chi connectivity index (χ0v) is 18.5. The first-order chi connectivity index (χ1) is 15.1. The van der Waals surface area contributed by atoms with E-state index < -0.39 is 0 Å². The van der Waals surface area contributed by atoms with Gasteiger partial charge in [-0.3, -0.25) is 4.90 Å². The van der Waals surface area contributed by atoms with Gasteiger partial charge in [0.2, 0.25) is 5.95 Å². The van der Waals surface area contributed by atoms with Gasteiger partial charge in [-0.15, -0.1) is 0 Å². The second-order valence-electron chi connectivity index (χ2n) is 7.99. The Labute approximate surface area is 184 Å². The monoisotopic (exact) mass is 418 g/mol. The van der Waals surface area contributed by atoms with Crippen LogP contribution in [0.15, 0.2) is 60.8 Å². The molecule has 1 fully saturated rings. The van der Waals surface area contributed by atoms with Crippen molar-refractivity contribution in [2.24, 2.45) is 0 Å². The van der Waals surface area contributed by atoms with Crippen LogP contribution >= 0.6 is 0 Å². The van der Waals surface area contributed by atoms with E-state index in [2.05, 4.69) is 40.2 Å². The third-order valence-electron chi connectivity index (χ3n) is 5.62. The summed E-state index contributed by atoms with van der Waals surface area (Å²) in [7, 11) is 5.59. The highest BCUT2D eigenvalue weighted by molar-refractivity contribution is 5.67. The molecule has 0 aliphatic carbocycles. The highest BCUT2D eigenvalue weighted by atomic mass is 16.5. The number of methoxy groups -OCH3 is 1. The van der Waals surface area contributed by atoms with Gasteiger partial charge in [0.25, 0.3) is 0 Å². The average molecular weight is 419 g/mol. The molecule has 1 aliphatic rings. The van der Waals surface area contributed by atoms with E-state index in [9.17, 15) is 0 Å². The Morgan fingerprint density at radius 2 is 1.87 bits per heavy atom. The minimum Gasteiger partial charge on any atom is -0.497 e. The van der Waals surface area contributed by atoms with E-state index in [0.29, 0.717) is 12.6 Å². The van der Waals surface area contributed by atoms with Crippen LogP contribution in [-0.4, -0.2) is 62.3 Å². The normalized spacial score (nSPS) is 16.8. The van der Waals surface area contributed by atoms with Crippen LogP contribution < -0.4 is 9.64 Å². The lowest BCUT2D eigenvalue weighted by atomic mass is 10.0. The first-order valence-electron chi connectivity index (χ1n) is 10.7. The molecule has 1 atom stereocenters. The molecule has 6 heteroatoms. The molecule has 162 valence electrons. The van der Waals surface area contributed by atoms with Crippen molar-refractivity contribution in [3.8, 4) is 16.9 Å². The van der Waals surface area contributed by atoms with Gasteiger partial charge in [0, 0.05) is 45.5 Å². The molecule has 0 amide bonds. The van der Waals surface area contributed by atoms with Gasteiger partial charge in [0.05, 0.1) is 19.4 Å². The van der Waals surface area contributed by atoms with Gasteiger partial charge in [0.15, 0.2) is 0 Å². The predicted molar refractivity (Wildman–Crippen MR) is 124 cm³/mol. The van der Waals surface area contributed by atoms with Crippen molar-refractivity contribution in [3.05, 3.63) is 72.1 Å². The van der Waals surface area contributed by atoms with E-state index in [4.69, 9.17) is 14.5 Å². The Balaban J connectivity index is 1.57. The van der Waals surface area contributed by atoms with Crippen molar-refractivity contribution in [3.63, 3.8) is 0 Å². The maximum Gasteiger partial charge on any atom is 0.225 e. The third kappa shape index (κ3) is 5.21. The minimum absolute atomic E-state index is 0.0941. The lowest BCUT2D eigenvalue weighted by Gasteiger charge is -2.33. The second kappa shape index (κ2) is 9.90. The summed E-state index contributed by atoms with van der Waals surface area (Å²) in [6.07, 6.45) is 2.85. The van der Waals surface area contributed by atoms with Gasteiger partial charge in [-0.2, -0.15) is 0 Å². The maximum absolute atomic E-state index is 6.21. The van der Waals surface area contributed by atoms with Crippen molar-refractivity contribution >= 4 is 5.95 Å². The Kier molecular flexibility index (Phi) is 6.79. The summed E-state index contributed by atoms with van der Waals surface area (Å²) < 4.78 is 11.5. The fraction of sp³-hybridized carbons (Fsp3) is 0.360. The van der Waals surface area contributed by atoms with E-state index in [1.54, 1.807) is 7.11 Å². The van der Waals surface area contributed by atoms with Gasteiger partial charge >= 0.3 is 0 Å². The van der Waals surface area contributed by atoms with Crippen LogP contribution in [0.5, 0.6) is 5.75 Å². The summed E-state index contributed by atoms with van der Waals surface area (Å²) in [5.74, 6) is 1.52. The average Bonchev–Trinajstić information content (AvgIpc) is 2.83. The first-order valence-corrected chi connectivity index (χ1v) is 10.7. The highest BCUT2D eigenvalue weighted by Crippen LogP contribution is 2.32. The third-order valence-corrected chi connectivity index (χ3v) is 5.62. The number of benzene rings is 2. The van der Waals surface area contributed by atoms with Crippen LogP contribution in [0.1, 0.15) is 17.4 Å². The van der Waals surface area contributed by atoms with E-state index in [0.717, 1.165) is 48.6 Å². The summed E-state index contributed by atoms with van der Waals surface area (Å²) in [4.78, 5) is 13.9. The molecule has 3 aromatic rings. The molecule has 0 saturated carbocycles. The molecular formula is C25H30N4O2. The molecule has 2 aromatic carbocycles. The number of anilines is 1. The molecule has 4 rings (SSSR count). The van der Waals surface area contributed by atoms with Gasteiger partial charge in [-0.05, 0) is 29.7 Å². The lowest BCUT2D eigenvalue weighted by Crippen LogP contribution is -2.40. The van der Waals surface area contributed by atoms with Gasteiger partial charge in [0.1, 0.15) is 11.9 Å². The molecule has 1 saturated heterocycles. The zero-order chi connectivity index (χ0) is 21.6. The van der Waals surface area contributed by atoms with Crippen LogP contribution in [0.25, 0.3) is 11.1 Å². The molecular weight excluding hydrogens is 388 g/mol. The molecule has 6 nitrogen and oxygen atoms in total. The molecule has 0 spiro atoms. The number of hydrogen-bond donors (Lipinski definition) is 0. The quantitative estimate of drug-likeness (QED) is 0.581. The maximum atomic E-state index is 6.21.